The third-order valence-electron chi connectivity index (χ3n) is 3.14. The first kappa shape index (κ1) is 13.0. The maximum absolute atomic E-state index is 13.3. The van der Waals surface area contributed by atoms with Crippen LogP contribution in [-0.4, -0.2) is 18.5 Å². The highest BCUT2D eigenvalue weighted by atomic mass is 19.1. The number of hydrogen-bond acceptors (Lipinski definition) is 2. The molecule has 18 heavy (non-hydrogen) atoms. The van der Waals surface area contributed by atoms with Crippen LogP contribution in [0, 0.1) is 17.6 Å². The zero-order valence-electron chi connectivity index (χ0n) is 10.2. The topological polar surface area (TPSA) is 41.1 Å². The number of nitrogens with one attached hydrogen (secondary N) is 2. The van der Waals surface area contributed by atoms with Gasteiger partial charge in [-0.25, -0.2) is 8.78 Å². The normalized spacial score (nSPS) is 16.4. The summed E-state index contributed by atoms with van der Waals surface area (Å²) in [6.07, 6.45) is 2.36. The summed E-state index contributed by atoms with van der Waals surface area (Å²) in [6, 6.07) is 3.74. The van der Waals surface area contributed by atoms with E-state index in [0.717, 1.165) is 12.1 Å². The number of anilines is 1. The molecular weight excluding hydrogens is 238 g/mol. The molecule has 1 fully saturated rings. The van der Waals surface area contributed by atoms with Gasteiger partial charge >= 0.3 is 0 Å². The van der Waals surface area contributed by atoms with Crippen LogP contribution in [0.25, 0.3) is 0 Å². The van der Waals surface area contributed by atoms with Crippen LogP contribution in [0.5, 0.6) is 0 Å². The van der Waals surface area contributed by atoms with Crippen molar-refractivity contribution in [1.82, 2.24) is 5.32 Å². The quantitative estimate of drug-likeness (QED) is 0.846. The van der Waals surface area contributed by atoms with Crippen molar-refractivity contribution in [3.63, 3.8) is 0 Å². The fourth-order valence-corrected chi connectivity index (χ4v) is 1.82. The standard InChI is InChI=1S/C13H16F2N2O/c1-8(9-5-6-9)16-7-12(18)17-13-10(14)3-2-4-11(13)15/h2-4,8-9,16H,5-7H2,1H3,(H,17,18). The van der Waals surface area contributed by atoms with Crippen LogP contribution in [-0.2, 0) is 4.79 Å². The number of carbonyl (C=O) groups is 1. The molecule has 3 nitrogen and oxygen atoms in total. The van der Waals surface area contributed by atoms with Gasteiger partial charge in [-0.3, -0.25) is 4.79 Å². The van der Waals surface area contributed by atoms with Crippen molar-refractivity contribution in [3.8, 4) is 0 Å². The zero-order valence-corrected chi connectivity index (χ0v) is 10.2. The molecule has 0 aromatic heterocycles. The van der Waals surface area contributed by atoms with Gasteiger partial charge in [0.1, 0.15) is 17.3 Å². The number of carbonyl (C=O) groups excluding carboxylic acids is 1. The average Bonchev–Trinajstić information content (AvgIpc) is 3.15. The number of amides is 1. The van der Waals surface area contributed by atoms with E-state index in [9.17, 15) is 13.6 Å². The Morgan fingerprint density at radius 2 is 2.00 bits per heavy atom. The van der Waals surface area contributed by atoms with Crippen molar-refractivity contribution in [3.05, 3.63) is 29.8 Å². The van der Waals surface area contributed by atoms with Crippen molar-refractivity contribution in [1.29, 1.82) is 0 Å². The predicted octanol–water partition coefficient (Wildman–Crippen LogP) is 2.29. The lowest BCUT2D eigenvalue weighted by atomic mass is 10.2. The van der Waals surface area contributed by atoms with E-state index in [1.807, 2.05) is 6.92 Å². The van der Waals surface area contributed by atoms with Crippen molar-refractivity contribution >= 4 is 11.6 Å². The molecular formula is C13H16F2N2O. The fourth-order valence-electron chi connectivity index (χ4n) is 1.82. The molecule has 5 heteroatoms. The van der Waals surface area contributed by atoms with E-state index in [-0.39, 0.29) is 18.3 Å². The lowest BCUT2D eigenvalue weighted by Crippen LogP contribution is -2.35. The predicted molar refractivity (Wildman–Crippen MR) is 65.2 cm³/mol. The van der Waals surface area contributed by atoms with E-state index < -0.39 is 17.5 Å². The molecule has 0 bridgehead atoms. The SMILES string of the molecule is CC(NCC(=O)Nc1c(F)cccc1F)C1CC1. The number of para-hydroxylation sites is 1. The molecule has 0 spiro atoms. The number of benzene rings is 1. The van der Waals surface area contributed by atoms with Gasteiger partial charge in [-0.05, 0) is 37.8 Å². The van der Waals surface area contributed by atoms with Gasteiger partial charge in [0.05, 0.1) is 6.54 Å². The van der Waals surface area contributed by atoms with Gasteiger partial charge in [0, 0.05) is 6.04 Å². The highest BCUT2D eigenvalue weighted by Gasteiger charge is 2.27. The Morgan fingerprint density at radius 1 is 1.39 bits per heavy atom. The number of hydrogen-bond donors (Lipinski definition) is 2. The monoisotopic (exact) mass is 254 g/mol. The molecule has 1 amide bonds. The molecule has 98 valence electrons. The van der Waals surface area contributed by atoms with Gasteiger partial charge in [-0.15, -0.1) is 0 Å². The van der Waals surface area contributed by atoms with Crippen LogP contribution in [0.1, 0.15) is 19.8 Å². The van der Waals surface area contributed by atoms with Gasteiger partial charge in [-0.2, -0.15) is 0 Å². The highest BCUT2D eigenvalue weighted by molar-refractivity contribution is 5.92. The second-order valence-corrected chi connectivity index (χ2v) is 4.65. The van der Waals surface area contributed by atoms with Crippen molar-refractivity contribution < 1.29 is 13.6 Å². The first-order chi connectivity index (χ1) is 8.58. The summed E-state index contributed by atoms with van der Waals surface area (Å²) < 4.78 is 26.5. The maximum atomic E-state index is 13.3. The van der Waals surface area contributed by atoms with Crippen LogP contribution < -0.4 is 10.6 Å². The van der Waals surface area contributed by atoms with Gasteiger partial charge in [-0.1, -0.05) is 6.07 Å². The summed E-state index contributed by atoms with van der Waals surface area (Å²) in [7, 11) is 0. The zero-order chi connectivity index (χ0) is 13.1. The van der Waals surface area contributed by atoms with Gasteiger partial charge in [0.15, 0.2) is 0 Å². The van der Waals surface area contributed by atoms with Crippen LogP contribution in [0.2, 0.25) is 0 Å². The van der Waals surface area contributed by atoms with Crippen molar-refractivity contribution in [2.24, 2.45) is 5.92 Å². The van der Waals surface area contributed by atoms with Crippen LogP contribution in [0.15, 0.2) is 18.2 Å². The van der Waals surface area contributed by atoms with E-state index in [2.05, 4.69) is 10.6 Å². The Kier molecular flexibility index (Phi) is 3.91. The minimum absolute atomic E-state index is 0.0610. The minimum Gasteiger partial charge on any atom is -0.320 e. The van der Waals surface area contributed by atoms with Gasteiger partial charge in [0.25, 0.3) is 0 Å². The Hall–Kier alpha value is -1.49. The maximum Gasteiger partial charge on any atom is 0.238 e. The molecule has 0 saturated heterocycles. The fraction of sp³-hybridized carbons (Fsp3) is 0.462. The lowest BCUT2D eigenvalue weighted by Gasteiger charge is -2.13. The molecule has 2 rings (SSSR count). The third kappa shape index (κ3) is 3.26. The summed E-state index contributed by atoms with van der Waals surface area (Å²) in [4.78, 5) is 11.6. The van der Waals surface area contributed by atoms with Gasteiger partial charge in [0.2, 0.25) is 5.91 Å². The lowest BCUT2D eigenvalue weighted by molar-refractivity contribution is -0.115. The van der Waals surface area contributed by atoms with Crippen LogP contribution in [0.4, 0.5) is 14.5 Å². The van der Waals surface area contributed by atoms with Gasteiger partial charge < -0.3 is 10.6 Å². The Balaban J connectivity index is 1.86. The third-order valence-corrected chi connectivity index (χ3v) is 3.14. The molecule has 0 heterocycles. The summed E-state index contributed by atoms with van der Waals surface area (Å²) >= 11 is 0. The van der Waals surface area contributed by atoms with E-state index in [4.69, 9.17) is 0 Å². The molecule has 1 unspecified atom stereocenters. The first-order valence-electron chi connectivity index (χ1n) is 6.05. The largest absolute Gasteiger partial charge is 0.320 e. The molecule has 1 aromatic carbocycles. The Labute approximate surface area is 105 Å². The molecule has 1 aliphatic carbocycles. The molecule has 0 radical (unpaired) electrons. The number of halogens is 2. The minimum atomic E-state index is -0.765. The van der Waals surface area contributed by atoms with Crippen LogP contribution >= 0.6 is 0 Å². The van der Waals surface area contributed by atoms with E-state index in [1.54, 1.807) is 0 Å². The van der Waals surface area contributed by atoms with Crippen LogP contribution in [0.3, 0.4) is 0 Å². The van der Waals surface area contributed by atoms with E-state index >= 15 is 0 Å². The molecule has 1 saturated carbocycles. The van der Waals surface area contributed by atoms with E-state index in [0.29, 0.717) is 5.92 Å². The average molecular weight is 254 g/mol. The Morgan fingerprint density at radius 3 is 2.56 bits per heavy atom. The second-order valence-electron chi connectivity index (χ2n) is 4.65. The highest BCUT2D eigenvalue weighted by Crippen LogP contribution is 2.32. The summed E-state index contributed by atoms with van der Waals surface area (Å²) in [5, 5.41) is 5.29. The molecule has 1 atom stereocenters. The summed E-state index contributed by atoms with van der Waals surface area (Å²) in [6.45, 7) is 2.07. The first-order valence-corrected chi connectivity index (χ1v) is 6.05. The second kappa shape index (κ2) is 5.44. The molecule has 1 aromatic rings. The summed E-state index contributed by atoms with van der Waals surface area (Å²) in [5.41, 5.74) is -0.386. The molecule has 2 N–H and O–H groups in total. The van der Waals surface area contributed by atoms with Crippen molar-refractivity contribution in [2.45, 2.75) is 25.8 Å². The van der Waals surface area contributed by atoms with E-state index in [1.165, 1.54) is 18.9 Å². The molecule has 1 aliphatic rings. The Bertz CT molecular complexity index is 426. The molecule has 0 aliphatic heterocycles. The summed E-state index contributed by atoms with van der Waals surface area (Å²) in [5.74, 6) is -1.34. The van der Waals surface area contributed by atoms with Crippen molar-refractivity contribution in [2.75, 3.05) is 11.9 Å². The smallest absolute Gasteiger partial charge is 0.238 e. The number of rotatable bonds is 5.